The number of carbonyl (C=O) groups is 2. The summed E-state index contributed by atoms with van der Waals surface area (Å²) in [5.41, 5.74) is 18.7. The van der Waals surface area contributed by atoms with Gasteiger partial charge in [0.2, 0.25) is 0 Å². The number of hydrogen-bond acceptors (Lipinski definition) is 10. The van der Waals surface area contributed by atoms with Crippen LogP contribution in [-0.4, -0.2) is 11.6 Å². The molecular weight excluding hydrogens is 1070 g/mol. The summed E-state index contributed by atoms with van der Waals surface area (Å²) in [6, 6.07) is 71.4. The molecule has 2 heterocycles. The smallest absolute Gasteiger partial charge is 0.195 e. The molecule has 0 aliphatic heterocycles. The van der Waals surface area contributed by atoms with Gasteiger partial charge in [-0.25, -0.2) is 0 Å². The predicted molar refractivity (Wildman–Crippen MR) is 335 cm³/mol. The Hall–Kier alpha value is -10.7. The third-order valence-electron chi connectivity index (χ3n) is 17.2. The summed E-state index contributed by atoms with van der Waals surface area (Å²) in [4.78, 5) is 29.3. The van der Waals surface area contributed by atoms with Gasteiger partial charge in [0.15, 0.2) is 11.6 Å². The number of nitrogens with one attached hydrogen (secondary N) is 2. The number of nitriles is 4. The normalized spacial score (nSPS) is 15.3. The number of hydrogen-bond donors (Lipinski definition) is 2. The molecule has 2 aromatic heterocycles. The number of Topliss-reactive ketones (excluding diaryl/α,β-unsaturated/α-hetero) is 2. The molecule has 8 aromatic carbocycles. The number of aryl methyl sites for hydroxylation is 4. The Morgan fingerprint density at radius 3 is 1.32 bits per heavy atom. The van der Waals surface area contributed by atoms with E-state index < -0.39 is 10.8 Å². The summed E-state index contributed by atoms with van der Waals surface area (Å²) >= 11 is 3.38. The van der Waals surface area contributed by atoms with Crippen LogP contribution in [0.5, 0.6) is 0 Å². The van der Waals surface area contributed by atoms with Crippen LogP contribution in [0.4, 0.5) is 10.7 Å². The molecule has 0 fully saturated rings. The van der Waals surface area contributed by atoms with Crippen molar-refractivity contribution in [3.05, 3.63) is 306 Å². The first-order chi connectivity index (χ1) is 40.9. The molecule has 0 spiro atoms. The number of carbonyl (C=O) groups excluding carboxylic acids is 2. The van der Waals surface area contributed by atoms with Crippen molar-refractivity contribution < 1.29 is 9.59 Å². The van der Waals surface area contributed by atoms with Gasteiger partial charge in [-0.15, -0.1) is 22.7 Å². The van der Waals surface area contributed by atoms with Crippen molar-refractivity contribution >= 4 is 65.5 Å². The number of thiophene rings is 2. The van der Waals surface area contributed by atoms with Gasteiger partial charge < -0.3 is 10.6 Å². The predicted octanol–water partition coefficient (Wildman–Crippen LogP) is 16.9. The van der Waals surface area contributed by atoms with Gasteiger partial charge in [0.1, 0.15) is 35.4 Å². The van der Waals surface area contributed by atoms with Crippen molar-refractivity contribution in [1.29, 1.82) is 21.0 Å². The van der Waals surface area contributed by atoms with Crippen molar-refractivity contribution in [2.45, 2.75) is 38.5 Å². The molecule has 84 heavy (non-hydrogen) atoms. The molecule has 0 unspecified atom stereocenters. The van der Waals surface area contributed by atoms with Gasteiger partial charge in [-0.2, -0.15) is 21.0 Å². The molecule has 0 bridgehead atoms. The second-order valence-electron chi connectivity index (χ2n) is 21.9. The number of benzene rings is 8. The van der Waals surface area contributed by atoms with Crippen molar-refractivity contribution in [3.8, 4) is 45.8 Å². The van der Waals surface area contributed by atoms with Crippen molar-refractivity contribution in [2.24, 2.45) is 0 Å². The Balaban J connectivity index is 1.01. The second-order valence-corrected chi connectivity index (χ2v) is 24.0. The Morgan fingerprint density at radius 1 is 0.429 bits per heavy atom. The SMILES string of the molecule is Cc1ccc(C2(c3ccc(C)cc3)c3cc(N/C=C4\C(=O)c5ccccc5C4=C(C#N)C#N)ccc3-c3cc4c(cc32)-c2sc3cc(N/C=C5\C(=O)c6ccccc6C5=C(C#N)C#N)sc3c2C4(c2ccc(C)cc2)c2ccc(C)cc2)cc1. The highest BCUT2D eigenvalue weighted by atomic mass is 32.1. The van der Waals surface area contributed by atoms with Gasteiger partial charge in [0.05, 0.1) is 20.5 Å². The Kier molecular flexibility index (Phi) is 11.9. The standard InChI is InChI=1S/C74H46N6O2S2/c1-41-13-21-47(22-14-41)73(48-23-15-42(2)16-24-48)61-31-51(79-39-59-66(45(35-75)36-76)53-9-5-7-11-55(53)69(59)81)29-30-52(61)57-32-63-58(33-62(57)73)71-68(74(63,49-25-17-43(3)18-26-49)50-27-19-44(4)20-28-50)72-64(83-71)34-65(84-72)80-40-60-67(46(37-77)38-78)54-10-6-8-12-56(54)70(60)82/h5-34,39-40,79-80H,1-4H3/b59-39-,60-40-. The molecule has 4 aliphatic carbocycles. The maximum atomic E-state index is 14.1. The van der Waals surface area contributed by atoms with Crippen LogP contribution in [0.3, 0.4) is 0 Å². The molecule has 0 saturated heterocycles. The molecule has 396 valence electrons. The highest BCUT2D eigenvalue weighted by molar-refractivity contribution is 7.31. The number of rotatable bonds is 8. The molecule has 10 heteroatoms. The number of anilines is 2. The van der Waals surface area contributed by atoms with E-state index in [1.165, 1.54) is 5.56 Å². The monoisotopic (exact) mass is 1110 g/mol. The lowest BCUT2D eigenvalue weighted by Gasteiger charge is -2.36. The quantitative estimate of drug-likeness (QED) is 0.113. The largest absolute Gasteiger partial charge is 0.361 e. The average molecular weight is 1120 g/mol. The van der Waals surface area contributed by atoms with Crippen molar-refractivity contribution in [1.82, 2.24) is 0 Å². The highest BCUT2D eigenvalue weighted by Crippen LogP contribution is 2.66. The molecule has 10 aromatic rings. The highest BCUT2D eigenvalue weighted by Gasteiger charge is 2.53. The van der Waals surface area contributed by atoms with E-state index in [0.717, 1.165) is 103 Å². The summed E-state index contributed by atoms with van der Waals surface area (Å²) < 4.78 is 2.18. The summed E-state index contributed by atoms with van der Waals surface area (Å²) in [5, 5.41) is 48.2. The van der Waals surface area contributed by atoms with Gasteiger partial charge in [0, 0.05) is 66.6 Å². The summed E-state index contributed by atoms with van der Waals surface area (Å²) in [5.74, 6) is -0.512. The Bertz CT molecular complexity index is 4760. The van der Waals surface area contributed by atoms with E-state index in [4.69, 9.17) is 0 Å². The first-order valence-corrected chi connectivity index (χ1v) is 29.1. The van der Waals surface area contributed by atoms with Crippen LogP contribution < -0.4 is 10.6 Å². The zero-order valence-corrected chi connectivity index (χ0v) is 47.5. The zero-order valence-electron chi connectivity index (χ0n) is 45.9. The molecule has 14 rings (SSSR count). The summed E-state index contributed by atoms with van der Waals surface area (Å²) in [6.45, 7) is 8.44. The first kappa shape index (κ1) is 51.4. The fraction of sp³-hybridized carbons (Fsp3) is 0.0811. The fourth-order valence-corrected chi connectivity index (χ4v) is 16.0. The molecule has 0 radical (unpaired) electrons. The van der Waals surface area contributed by atoms with Gasteiger partial charge in [-0.3, -0.25) is 9.59 Å². The summed E-state index contributed by atoms with van der Waals surface area (Å²) in [6.07, 6.45) is 3.30. The molecular formula is C74H46N6O2S2. The number of ketones is 2. The summed E-state index contributed by atoms with van der Waals surface area (Å²) in [7, 11) is 0. The van der Waals surface area contributed by atoms with Crippen molar-refractivity contribution in [2.75, 3.05) is 10.6 Å². The van der Waals surface area contributed by atoms with Gasteiger partial charge >= 0.3 is 0 Å². The minimum Gasteiger partial charge on any atom is -0.361 e. The topological polar surface area (TPSA) is 153 Å². The molecule has 0 amide bonds. The molecule has 8 nitrogen and oxygen atoms in total. The third kappa shape index (κ3) is 7.39. The molecule has 4 aliphatic rings. The first-order valence-electron chi connectivity index (χ1n) is 27.4. The number of allylic oxidation sites excluding steroid dienone is 6. The van der Waals surface area contributed by atoms with E-state index in [9.17, 15) is 30.6 Å². The molecule has 2 N–H and O–H groups in total. The van der Waals surface area contributed by atoms with Gasteiger partial charge in [-0.1, -0.05) is 174 Å². The van der Waals surface area contributed by atoms with E-state index in [0.29, 0.717) is 33.4 Å². The van der Waals surface area contributed by atoms with Crippen molar-refractivity contribution in [3.63, 3.8) is 0 Å². The van der Waals surface area contributed by atoms with E-state index in [1.807, 2.05) is 36.4 Å². The minimum atomic E-state index is -0.856. The Labute approximate surface area is 493 Å². The minimum absolute atomic E-state index is 0.119. The maximum Gasteiger partial charge on any atom is 0.195 e. The maximum absolute atomic E-state index is 14.1. The van der Waals surface area contributed by atoms with E-state index in [1.54, 1.807) is 77.5 Å². The zero-order chi connectivity index (χ0) is 57.8. The molecule has 0 atom stereocenters. The van der Waals surface area contributed by atoms with Gasteiger partial charge in [0.25, 0.3) is 0 Å². The van der Waals surface area contributed by atoms with Gasteiger partial charge in [-0.05, 0) is 125 Å². The van der Waals surface area contributed by atoms with Crippen LogP contribution in [0, 0.1) is 73.0 Å². The van der Waals surface area contributed by atoms with Crippen LogP contribution in [0.2, 0.25) is 0 Å². The second kappa shape index (κ2) is 19.5. The van der Waals surface area contributed by atoms with Crippen LogP contribution in [0.25, 0.3) is 42.1 Å². The van der Waals surface area contributed by atoms with Crippen LogP contribution >= 0.6 is 22.7 Å². The van der Waals surface area contributed by atoms with E-state index >= 15 is 0 Å². The van der Waals surface area contributed by atoms with E-state index in [2.05, 4.69) is 166 Å². The third-order valence-corrected chi connectivity index (χ3v) is 19.6. The van der Waals surface area contributed by atoms with Crippen LogP contribution in [0.15, 0.2) is 217 Å². The lowest BCUT2D eigenvalue weighted by atomic mass is 9.65. The van der Waals surface area contributed by atoms with E-state index in [-0.39, 0.29) is 33.9 Å². The van der Waals surface area contributed by atoms with Crippen LogP contribution in [0.1, 0.15) is 98.6 Å². The average Bonchev–Trinajstić information content (AvgIpc) is 1.74. The number of nitrogens with zero attached hydrogens (tertiary/aromatic N) is 4. The fourth-order valence-electron chi connectivity index (χ4n) is 13.3. The molecule has 0 saturated carbocycles. The van der Waals surface area contributed by atoms with Crippen LogP contribution in [-0.2, 0) is 10.8 Å². The lowest BCUT2D eigenvalue weighted by molar-refractivity contribution is 0.103. The number of fused-ring (bicyclic) bond motifs is 10. The lowest BCUT2D eigenvalue weighted by Crippen LogP contribution is -2.30. The Morgan fingerprint density at radius 2 is 0.845 bits per heavy atom.